The number of nitro groups is 1. The predicted molar refractivity (Wildman–Crippen MR) is 124 cm³/mol. The largest absolute Gasteiger partial charge is 0.497 e. The minimum absolute atomic E-state index is 0.0374. The SMILES string of the molecule is COc1ccc(CC(NC(=O)[C@@H](C)NC(=O)C2CC(Oc3ccc([N+](=O)[O-])cc3)C2)C(=O)O)cc1. The molecule has 1 fully saturated rings. The normalized spacial score (nSPS) is 18.3. The number of carbonyl (C=O) groups excluding carboxylic acids is 2. The van der Waals surface area contributed by atoms with Crippen LogP contribution in [0.5, 0.6) is 11.5 Å². The number of hydrogen-bond donors (Lipinski definition) is 3. The van der Waals surface area contributed by atoms with Gasteiger partial charge in [-0.2, -0.15) is 0 Å². The first-order chi connectivity index (χ1) is 16.7. The Kier molecular flexibility index (Phi) is 8.24. The highest BCUT2D eigenvalue weighted by Crippen LogP contribution is 2.32. The number of carboxylic acids is 1. The van der Waals surface area contributed by atoms with Crippen LogP contribution in [0.4, 0.5) is 5.69 Å². The molecule has 3 rings (SSSR count). The van der Waals surface area contributed by atoms with Crippen LogP contribution in [0.25, 0.3) is 0 Å². The summed E-state index contributed by atoms with van der Waals surface area (Å²) in [5.74, 6) is -1.34. The Morgan fingerprint density at radius 3 is 2.20 bits per heavy atom. The molecule has 1 aliphatic carbocycles. The number of carbonyl (C=O) groups is 3. The van der Waals surface area contributed by atoms with E-state index in [1.54, 1.807) is 24.3 Å². The van der Waals surface area contributed by atoms with E-state index in [-0.39, 0.29) is 30.0 Å². The summed E-state index contributed by atoms with van der Waals surface area (Å²) in [6, 6.07) is 10.5. The zero-order chi connectivity index (χ0) is 25.5. The van der Waals surface area contributed by atoms with Crippen molar-refractivity contribution in [2.75, 3.05) is 7.11 Å². The lowest BCUT2D eigenvalue weighted by Crippen LogP contribution is -2.53. The molecule has 1 unspecified atom stereocenters. The number of nitro benzene ring substituents is 1. The molecule has 0 heterocycles. The van der Waals surface area contributed by atoms with Crippen LogP contribution in [-0.2, 0) is 20.8 Å². The highest BCUT2D eigenvalue weighted by molar-refractivity contribution is 5.91. The summed E-state index contributed by atoms with van der Waals surface area (Å²) in [6.45, 7) is 1.49. The number of methoxy groups -OCH3 is 1. The zero-order valence-electron chi connectivity index (χ0n) is 19.3. The summed E-state index contributed by atoms with van der Waals surface area (Å²) in [7, 11) is 1.53. The van der Waals surface area contributed by atoms with Crippen LogP contribution in [0.2, 0.25) is 0 Å². The van der Waals surface area contributed by atoms with Gasteiger partial charge in [0.05, 0.1) is 12.0 Å². The second-order valence-electron chi connectivity index (χ2n) is 8.34. The first kappa shape index (κ1) is 25.5. The summed E-state index contributed by atoms with van der Waals surface area (Å²) < 4.78 is 10.8. The summed E-state index contributed by atoms with van der Waals surface area (Å²) >= 11 is 0. The Bertz CT molecular complexity index is 1070. The number of aliphatic carboxylic acids is 1. The highest BCUT2D eigenvalue weighted by Gasteiger charge is 2.37. The zero-order valence-corrected chi connectivity index (χ0v) is 19.3. The molecule has 2 aromatic carbocycles. The average Bonchev–Trinajstić information content (AvgIpc) is 2.81. The van der Waals surface area contributed by atoms with Gasteiger partial charge in [0.2, 0.25) is 11.8 Å². The molecule has 186 valence electrons. The second-order valence-corrected chi connectivity index (χ2v) is 8.34. The van der Waals surface area contributed by atoms with Gasteiger partial charge in [0.1, 0.15) is 29.7 Å². The average molecular weight is 485 g/mol. The molecule has 1 aliphatic rings. The van der Waals surface area contributed by atoms with E-state index in [1.165, 1.54) is 38.3 Å². The molecule has 0 aliphatic heterocycles. The van der Waals surface area contributed by atoms with E-state index in [9.17, 15) is 29.6 Å². The molecule has 35 heavy (non-hydrogen) atoms. The first-order valence-electron chi connectivity index (χ1n) is 11.0. The Morgan fingerprint density at radius 1 is 1.06 bits per heavy atom. The molecule has 2 amide bonds. The van der Waals surface area contributed by atoms with Crippen molar-refractivity contribution >= 4 is 23.5 Å². The number of hydrogen-bond acceptors (Lipinski definition) is 7. The monoisotopic (exact) mass is 485 g/mol. The Balaban J connectivity index is 1.44. The minimum atomic E-state index is -1.18. The van der Waals surface area contributed by atoms with E-state index in [1.807, 2.05) is 0 Å². The fraction of sp³-hybridized carbons (Fsp3) is 0.375. The van der Waals surface area contributed by atoms with Crippen molar-refractivity contribution in [3.63, 3.8) is 0 Å². The molecule has 0 saturated heterocycles. The third-order valence-electron chi connectivity index (χ3n) is 5.78. The molecule has 2 atom stereocenters. The maximum Gasteiger partial charge on any atom is 0.326 e. The van der Waals surface area contributed by atoms with E-state index in [4.69, 9.17) is 9.47 Å². The minimum Gasteiger partial charge on any atom is -0.497 e. The van der Waals surface area contributed by atoms with Gasteiger partial charge in [-0.1, -0.05) is 12.1 Å². The van der Waals surface area contributed by atoms with Crippen molar-refractivity contribution in [3.8, 4) is 11.5 Å². The van der Waals surface area contributed by atoms with Crippen molar-refractivity contribution < 1.29 is 33.9 Å². The quantitative estimate of drug-likeness (QED) is 0.322. The topological polar surface area (TPSA) is 157 Å². The van der Waals surface area contributed by atoms with Gasteiger partial charge in [-0.3, -0.25) is 19.7 Å². The standard InChI is InChI=1S/C24H27N3O8/c1-14(22(28)26-21(24(30)31)11-15-3-7-18(34-2)8-4-15)25-23(29)16-12-20(13-16)35-19-9-5-17(6-10-19)27(32)33/h3-10,14,16,20-21H,11-13H2,1-2H3,(H,25,29)(H,26,28)(H,30,31)/t14-,16?,20?,21?/m1/s1. The number of ether oxygens (including phenoxy) is 2. The van der Waals surface area contributed by atoms with E-state index in [0.717, 1.165) is 0 Å². The highest BCUT2D eigenvalue weighted by atomic mass is 16.6. The molecule has 11 heteroatoms. The molecular weight excluding hydrogens is 458 g/mol. The summed E-state index contributed by atoms with van der Waals surface area (Å²) in [4.78, 5) is 46.8. The fourth-order valence-electron chi connectivity index (χ4n) is 3.61. The third-order valence-corrected chi connectivity index (χ3v) is 5.78. The second kappa shape index (κ2) is 11.3. The van der Waals surface area contributed by atoms with Crippen LogP contribution in [0.3, 0.4) is 0 Å². The van der Waals surface area contributed by atoms with Crippen molar-refractivity contribution in [2.45, 2.75) is 44.4 Å². The fourth-order valence-corrected chi connectivity index (χ4v) is 3.61. The number of nitrogens with zero attached hydrogens (tertiary/aromatic N) is 1. The number of carboxylic acid groups (broad SMARTS) is 1. The van der Waals surface area contributed by atoms with Gasteiger partial charge in [-0.25, -0.2) is 4.79 Å². The smallest absolute Gasteiger partial charge is 0.326 e. The van der Waals surface area contributed by atoms with Crippen molar-refractivity contribution in [3.05, 3.63) is 64.2 Å². The number of rotatable bonds is 11. The van der Waals surface area contributed by atoms with E-state index in [2.05, 4.69) is 10.6 Å². The van der Waals surface area contributed by atoms with E-state index in [0.29, 0.717) is 29.9 Å². The molecule has 2 aromatic rings. The van der Waals surface area contributed by atoms with Crippen LogP contribution >= 0.6 is 0 Å². The molecule has 0 aromatic heterocycles. The van der Waals surface area contributed by atoms with Crippen LogP contribution in [0, 0.1) is 16.0 Å². The van der Waals surface area contributed by atoms with E-state index < -0.39 is 28.9 Å². The van der Waals surface area contributed by atoms with Gasteiger partial charge < -0.3 is 25.2 Å². The first-order valence-corrected chi connectivity index (χ1v) is 11.0. The van der Waals surface area contributed by atoms with Gasteiger partial charge in [0.15, 0.2) is 0 Å². The molecule has 11 nitrogen and oxygen atoms in total. The lowest BCUT2D eigenvalue weighted by molar-refractivity contribution is -0.384. The van der Waals surface area contributed by atoms with Gasteiger partial charge in [-0.15, -0.1) is 0 Å². The number of nitrogens with one attached hydrogen (secondary N) is 2. The Morgan fingerprint density at radius 2 is 1.66 bits per heavy atom. The summed E-state index contributed by atoms with van der Waals surface area (Å²) in [5.41, 5.74) is 0.674. The Labute approximate surface area is 201 Å². The van der Waals surface area contributed by atoms with Gasteiger partial charge in [0.25, 0.3) is 5.69 Å². The van der Waals surface area contributed by atoms with Crippen molar-refractivity contribution in [1.29, 1.82) is 0 Å². The van der Waals surface area contributed by atoms with Gasteiger partial charge in [-0.05, 0) is 49.6 Å². The molecular formula is C24H27N3O8. The lowest BCUT2D eigenvalue weighted by Gasteiger charge is -2.34. The molecule has 0 radical (unpaired) electrons. The van der Waals surface area contributed by atoms with Crippen molar-refractivity contribution in [2.24, 2.45) is 5.92 Å². The third kappa shape index (κ3) is 6.92. The van der Waals surface area contributed by atoms with Crippen molar-refractivity contribution in [1.82, 2.24) is 10.6 Å². The predicted octanol–water partition coefficient (Wildman–Crippen LogP) is 2.08. The van der Waals surface area contributed by atoms with E-state index >= 15 is 0 Å². The lowest BCUT2D eigenvalue weighted by atomic mass is 9.81. The molecule has 0 bridgehead atoms. The van der Waals surface area contributed by atoms with Crippen LogP contribution in [0.1, 0.15) is 25.3 Å². The summed E-state index contributed by atoms with van der Waals surface area (Å²) in [5, 5.41) is 25.3. The van der Waals surface area contributed by atoms with Crippen LogP contribution < -0.4 is 20.1 Å². The van der Waals surface area contributed by atoms with Crippen LogP contribution in [0.15, 0.2) is 48.5 Å². The van der Waals surface area contributed by atoms with Gasteiger partial charge >= 0.3 is 5.97 Å². The molecule has 1 saturated carbocycles. The number of non-ortho nitro benzene ring substituents is 1. The molecule has 0 spiro atoms. The molecule has 3 N–H and O–H groups in total. The van der Waals surface area contributed by atoms with Crippen LogP contribution in [-0.4, -0.2) is 53.1 Å². The number of amides is 2. The maximum atomic E-state index is 12.5. The Hall–Kier alpha value is -4.15. The summed E-state index contributed by atoms with van der Waals surface area (Å²) in [6.07, 6.45) is 0.742. The number of benzene rings is 2. The van der Waals surface area contributed by atoms with Gasteiger partial charge in [0, 0.05) is 24.5 Å². The maximum absolute atomic E-state index is 12.5.